The Morgan fingerprint density at radius 3 is 2.52 bits per heavy atom. The van der Waals surface area contributed by atoms with Crippen LogP contribution in [0.1, 0.15) is 17.5 Å². The summed E-state index contributed by atoms with van der Waals surface area (Å²) in [4.78, 5) is 13.6. The molecule has 0 radical (unpaired) electrons. The molecule has 0 spiro atoms. The highest BCUT2D eigenvalue weighted by Crippen LogP contribution is 2.29. The smallest absolute Gasteiger partial charge is 0.248 e. The van der Waals surface area contributed by atoms with E-state index in [1.54, 1.807) is 12.4 Å². The summed E-state index contributed by atoms with van der Waals surface area (Å²) in [6.07, 6.45) is 3.49. The van der Waals surface area contributed by atoms with Gasteiger partial charge in [-0.05, 0) is 24.7 Å². The molecule has 1 aliphatic rings. The molecule has 0 N–H and O–H groups in total. The molecule has 1 atom stereocenters. The van der Waals surface area contributed by atoms with Crippen LogP contribution in [0.25, 0.3) is 11.4 Å². The van der Waals surface area contributed by atoms with E-state index in [2.05, 4.69) is 56.2 Å². The molecule has 6 nitrogen and oxygen atoms in total. The van der Waals surface area contributed by atoms with Gasteiger partial charge in [0.25, 0.3) is 0 Å². The lowest BCUT2D eigenvalue weighted by Gasteiger charge is -2.36. The van der Waals surface area contributed by atoms with Crippen molar-refractivity contribution >= 4 is 0 Å². The lowest BCUT2D eigenvalue weighted by Crippen LogP contribution is -2.46. The van der Waals surface area contributed by atoms with Crippen LogP contribution in [0.2, 0.25) is 0 Å². The van der Waals surface area contributed by atoms with Gasteiger partial charge >= 0.3 is 0 Å². The minimum atomic E-state index is -0.0205. The van der Waals surface area contributed by atoms with E-state index < -0.39 is 0 Å². The third-order valence-electron chi connectivity index (χ3n) is 4.61. The van der Waals surface area contributed by atoms with Gasteiger partial charge in [0.05, 0.1) is 0 Å². The third kappa shape index (κ3) is 3.45. The molecule has 1 unspecified atom stereocenters. The van der Waals surface area contributed by atoms with Crippen LogP contribution in [-0.2, 0) is 0 Å². The lowest BCUT2D eigenvalue weighted by atomic mass is 10.0. The molecule has 1 saturated heterocycles. The normalized spacial score (nSPS) is 17.5. The first-order valence-electron chi connectivity index (χ1n) is 8.53. The van der Waals surface area contributed by atoms with Gasteiger partial charge in [-0.25, -0.2) is 0 Å². The number of aromatic nitrogens is 3. The highest BCUT2D eigenvalue weighted by molar-refractivity contribution is 5.52. The Labute approximate surface area is 147 Å². The quantitative estimate of drug-likeness (QED) is 0.730. The van der Waals surface area contributed by atoms with Gasteiger partial charge in [0.1, 0.15) is 6.04 Å². The average molecular weight is 335 g/mol. The van der Waals surface area contributed by atoms with Crippen molar-refractivity contribution in [1.29, 1.82) is 0 Å². The second-order valence-corrected chi connectivity index (χ2v) is 6.35. The summed E-state index contributed by atoms with van der Waals surface area (Å²) in [6.45, 7) is 4.02. The van der Waals surface area contributed by atoms with Crippen LogP contribution < -0.4 is 0 Å². The maximum atomic E-state index is 5.67. The number of rotatable bonds is 4. The van der Waals surface area contributed by atoms with E-state index in [1.807, 2.05) is 18.2 Å². The van der Waals surface area contributed by atoms with Gasteiger partial charge in [-0.3, -0.25) is 9.88 Å². The molecule has 2 aromatic heterocycles. The SMILES string of the molecule is CN1CCN(C(c2ccccc2)c2nc(-c3cccnc3)no2)CC1. The first-order chi connectivity index (χ1) is 12.3. The molecule has 128 valence electrons. The Balaban J connectivity index is 1.68. The van der Waals surface area contributed by atoms with Gasteiger partial charge in [-0.1, -0.05) is 35.5 Å². The fraction of sp³-hybridized carbons (Fsp3) is 0.316. The van der Waals surface area contributed by atoms with Gasteiger partial charge < -0.3 is 9.42 Å². The summed E-state index contributed by atoms with van der Waals surface area (Å²) < 4.78 is 5.67. The molecule has 4 rings (SSSR count). The Kier molecular flexibility index (Phi) is 4.54. The van der Waals surface area contributed by atoms with Gasteiger partial charge in [-0.2, -0.15) is 4.98 Å². The Morgan fingerprint density at radius 1 is 1.00 bits per heavy atom. The van der Waals surface area contributed by atoms with Crippen LogP contribution in [0.4, 0.5) is 0 Å². The van der Waals surface area contributed by atoms with Gasteiger partial charge in [0, 0.05) is 44.1 Å². The summed E-state index contributed by atoms with van der Waals surface area (Å²) in [5, 5.41) is 4.18. The molecule has 25 heavy (non-hydrogen) atoms. The average Bonchev–Trinajstić information content (AvgIpc) is 3.15. The molecule has 3 aromatic rings. The van der Waals surface area contributed by atoms with E-state index >= 15 is 0 Å². The molecule has 0 saturated carbocycles. The first kappa shape index (κ1) is 15.9. The van der Waals surface area contributed by atoms with Crippen molar-refractivity contribution in [3.8, 4) is 11.4 Å². The zero-order valence-corrected chi connectivity index (χ0v) is 14.2. The summed E-state index contributed by atoms with van der Waals surface area (Å²) in [7, 11) is 2.15. The van der Waals surface area contributed by atoms with Crippen molar-refractivity contribution in [2.24, 2.45) is 0 Å². The monoisotopic (exact) mass is 335 g/mol. The molecular weight excluding hydrogens is 314 g/mol. The minimum absolute atomic E-state index is 0.0205. The Bertz CT molecular complexity index is 797. The van der Waals surface area contributed by atoms with Crippen molar-refractivity contribution < 1.29 is 4.52 Å². The van der Waals surface area contributed by atoms with E-state index in [0.717, 1.165) is 31.7 Å². The Hall–Kier alpha value is -2.57. The van der Waals surface area contributed by atoms with Gasteiger partial charge in [0.2, 0.25) is 11.7 Å². The Morgan fingerprint density at radius 2 is 1.80 bits per heavy atom. The van der Waals surface area contributed by atoms with Crippen molar-refractivity contribution in [2.45, 2.75) is 6.04 Å². The van der Waals surface area contributed by atoms with Crippen molar-refractivity contribution in [3.63, 3.8) is 0 Å². The van der Waals surface area contributed by atoms with Gasteiger partial charge in [0.15, 0.2) is 0 Å². The molecule has 1 fully saturated rings. The number of hydrogen-bond acceptors (Lipinski definition) is 6. The number of piperazine rings is 1. The highest BCUT2D eigenvalue weighted by Gasteiger charge is 2.30. The molecule has 0 aliphatic carbocycles. The molecule has 3 heterocycles. The fourth-order valence-electron chi connectivity index (χ4n) is 3.18. The zero-order chi connectivity index (χ0) is 17.1. The highest BCUT2D eigenvalue weighted by atomic mass is 16.5. The predicted molar refractivity (Wildman–Crippen MR) is 94.9 cm³/mol. The van der Waals surface area contributed by atoms with Crippen LogP contribution in [0.15, 0.2) is 59.4 Å². The van der Waals surface area contributed by atoms with E-state index in [1.165, 1.54) is 5.56 Å². The molecule has 1 aliphatic heterocycles. The van der Waals surface area contributed by atoms with E-state index in [4.69, 9.17) is 4.52 Å². The van der Waals surface area contributed by atoms with Crippen molar-refractivity contribution in [1.82, 2.24) is 24.9 Å². The summed E-state index contributed by atoms with van der Waals surface area (Å²) in [5.74, 6) is 1.22. The van der Waals surface area contributed by atoms with Gasteiger partial charge in [-0.15, -0.1) is 0 Å². The molecule has 0 bridgehead atoms. The number of pyridine rings is 1. The minimum Gasteiger partial charge on any atom is -0.337 e. The largest absolute Gasteiger partial charge is 0.337 e. The maximum Gasteiger partial charge on any atom is 0.248 e. The number of nitrogens with zero attached hydrogens (tertiary/aromatic N) is 5. The van der Waals surface area contributed by atoms with Crippen molar-refractivity contribution in [2.75, 3.05) is 33.2 Å². The van der Waals surface area contributed by atoms with Crippen LogP contribution >= 0.6 is 0 Å². The summed E-state index contributed by atoms with van der Waals surface area (Å²) in [5.41, 5.74) is 2.04. The lowest BCUT2D eigenvalue weighted by molar-refractivity contribution is 0.111. The van der Waals surface area contributed by atoms with Crippen LogP contribution in [0, 0.1) is 0 Å². The number of hydrogen-bond donors (Lipinski definition) is 0. The van der Waals surface area contributed by atoms with Crippen molar-refractivity contribution in [3.05, 3.63) is 66.3 Å². The van der Waals surface area contributed by atoms with E-state index in [-0.39, 0.29) is 6.04 Å². The summed E-state index contributed by atoms with van der Waals surface area (Å²) in [6, 6.07) is 14.2. The molecule has 0 amide bonds. The first-order valence-corrected chi connectivity index (χ1v) is 8.53. The van der Waals surface area contributed by atoms with Crippen LogP contribution in [-0.4, -0.2) is 58.2 Å². The second kappa shape index (κ2) is 7.13. The molecule has 6 heteroatoms. The fourth-order valence-corrected chi connectivity index (χ4v) is 3.18. The predicted octanol–water partition coefficient (Wildman–Crippen LogP) is 2.47. The summed E-state index contributed by atoms with van der Waals surface area (Å²) >= 11 is 0. The standard InChI is InChI=1S/C19H21N5O/c1-23-10-12-24(13-11-23)17(15-6-3-2-4-7-15)19-21-18(22-25-19)16-8-5-9-20-14-16/h2-9,14,17H,10-13H2,1H3. The van der Waals surface area contributed by atoms with Crippen LogP contribution in [0.5, 0.6) is 0 Å². The van der Waals surface area contributed by atoms with E-state index in [0.29, 0.717) is 11.7 Å². The third-order valence-corrected chi connectivity index (χ3v) is 4.61. The maximum absolute atomic E-state index is 5.67. The van der Waals surface area contributed by atoms with E-state index in [9.17, 15) is 0 Å². The topological polar surface area (TPSA) is 58.3 Å². The zero-order valence-electron chi connectivity index (χ0n) is 14.2. The number of likely N-dealkylation sites (N-methyl/N-ethyl adjacent to an activating group) is 1. The molecular formula is C19H21N5O. The molecule has 1 aromatic carbocycles. The number of benzene rings is 1. The van der Waals surface area contributed by atoms with Crippen LogP contribution in [0.3, 0.4) is 0 Å². The second-order valence-electron chi connectivity index (χ2n) is 6.35.